The lowest BCUT2D eigenvalue weighted by Crippen LogP contribution is -2.32. The topological polar surface area (TPSA) is 72.3 Å². The van der Waals surface area contributed by atoms with Crippen molar-refractivity contribution in [2.75, 3.05) is 26.0 Å². The molecule has 0 aliphatic rings. The zero-order valence-electron chi connectivity index (χ0n) is 16.0. The van der Waals surface area contributed by atoms with Crippen LogP contribution in [0.1, 0.15) is 18.5 Å². The molecule has 146 valence electrons. The highest BCUT2D eigenvalue weighted by Gasteiger charge is 2.16. The van der Waals surface area contributed by atoms with Crippen molar-refractivity contribution in [3.63, 3.8) is 0 Å². The van der Waals surface area contributed by atoms with Crippen LogP contribution in [-0.4, -0.2) is 46.3 Å². The van der Waals surface area contributed by atoms with Gasteiger partial charge in [-0.1, -0.05) is 23.7 Å². The van der Waals surface area contributed by atoms with Gasteiger partial charge in [-0.05, 0) is 49.9 Å². The Balaban J connectivity index is 1.63. The largest absolute Gasteiger partial charge is 0.495 e. The van der Waals surface area contributed by atoms with Crippen LogP contribution in [0.15, 0.2) is 55.1 Å². The molecule has 1 atom stereocenters. The van der Waals surface area contributed by atoms with Gasteiger partial charge in [-0.2, -0.15) is 5.10 Å². The summed E-state index contributed by atoms with van der Waals surface area (Å²) in [6, 6.07) is 13.2. The number of halogens is 1. The van der Waals surface area contributed by atoms with Crippen molar-refractivity contribution in [1.82, 2.24) is 19.7 Å². The van der Waals surface area contributed by atoms with E-state index in [0.717, 1.165) is 11.3 Å². The molecule has 0 unspecified atom stereocenters. The number of likely N-dealkylation sites (N-methyl/N-ethyl adjacent to an activating group) is 1. The summed E-state index contributed by atoms with van der Waals surface area (Å²) in [4.78, 5) is 18.4. The number of benzene rings is 2. The number of ether oxygens (including phenoxy) is 1. The Kier molecular flexibility index (Phi) is 6.28. The van der Waals surface area contributed by atoms with E-state index >= 15 is 0 Å². The minimum Gasteiger partial charge on any atom is -0.495 e. The van der Waals surface area contributed by atoms with Crippen molar-refractivity contribution in [1.29, 1.82) is 0 Å². The first-order chi connectivity index (χ1) is 13.5. The Morgan fingerprint density at radius 2 is 2.04 bits per heavy atom. The van der Waals surface area contributed by atoms with Crippen LogP contribution in [0.4, 0.5) is 5.69 Å². The van der Waals surface area contributed by atoms with Gasteiger partial charge in [-0.3, -0.25) is 9.69 Å². The molecule has 28 heavy (non-hydrogen) atoms. The first-order valence-electron chi connectivity index (χ1n) is 8.76. The normalized spacial score (nSPS) is 12.0. The number of hydrogen-bond donors (Lipinski definition) is 1. The number of nitrogens with zero attached hydrogens (tertiary/aromatic N) is 4. The van der Waals surface area contributed by atoms with Crippen LogP contribution in [0.25, 0.3) is 5.69 Å². The van der Waals surface area contributed by atoms with Gasteiger partial charge in [0.2, 0.25) is 5.91 Å². The van der Waals surface area contributed by atoms with Gasteiger partial charge in [0.25, 0.3) is 0 Å². The van der Waals surface area contributed by atoms with E-state index in [1.165, 1.54) is 6.33 Å². The third kappa shape index (κ3) is 4.68. The van der Waals surface area contributed by atoms with Crippen LogP contribution in [0.3, 0.4) is 0 Å². The second-order valence-electron chi connectivity index (χ2n) is 6.42. The molecule has 7 nitrogen and oxygen atoms in total. The van der Waals surface area contributed by atoms with Crippen LogP contribution in [-0.2, 0) is 4.79 Å². The molecule has 0 bridgehead atoms. The number of carbonyl (C=O) groups is 1. The Morgan fingerprint density at radius 1 is 1.29 bits per heavy atom. The number of aromatic nitrogens is 3. The highest BCUT2D eigenvalue weighted by atomic mass is 35.5. The molecule has 0 aliphatic heterocycles. The molecule has 8 heteroatoms. The van der Waals surface area contributed by atoms with Gasteiger partial charge in [-0.15, -0.1) is 0 Å². The van der Waals surface area contributed by atoms with E-state index in [1.807, 2.05) is 36.2 Å². The number of hydrogen-bond acceptors (Lipinski definition) is 5. The number of carbonyl (C=O) groups excluding carboxylic acids is 1. The molecular weight excluding hydrogens is 378 g/mol. The van der Waals surface area contributed by atoms with E-state index in [-0.39, 0.29) is 18.5 Å². The molecule has 1 aromatic heterocycles. The molecule has 0 radical (unpaired) electrons. The second kappa shape index (κ2) is 8.86. The van der Waals surface area contributed by atoms with Crippen LogP contribution in [0.5, 0.6) is 5.75 Å². The molecule has 2 aromatic carbocycles. The monoisotopic (exact) mass is 399 g/mol. The maximum absolute atomic E-state index is 12.5. The van der Waals surface area contributed by atoms with Gasteiger partial charge in [0.15, 0.2) is 0 Å². The quantitative estimate of drug-likeness (QED) is 0.657. The van der Waals surface area contributed by atoms with Gasteiger partial charge < -0.3 is 10.1 Å². The lowest BCUT2D eigenvalue weighted by molar-refractivity contribution is -0.117. The number of nitrogens with one attached hydrogen (secondary N) is 1. The van der Waals surface area contributed by atoms with Crippen molar-refractivity contribution >= 4 is 23.2 Å². The molecule has 0 spiro atoms. The van der Waals surface area contributed by atoms with Crippen LogP contribution >= 0.6 is 11.6 Å². The summed E-state index contributed by atoms with van der Waals surface area (Å²) in [6.07, 6.45) is 3.15. The fourth-order valence-electron chi connectivity index (χ4n) is 2.83. The molecular formula is C20H22ClN5O2. The lowest BCUT2D eigenvalue weighted by Gasteiger charge is -2.25. The fraction of sp³-hybridized carbons (Fsp3) is 0.250. The molecule has 1 N–H and O–H groups in total. The summed E-state index contributed by atoms with van der Waals surface area (Å²) in [5.74, 6) is 0.423. The summed E-state index contributed by atoms with van der Waals surface area (Å²) in [6.45, 7) is 2.28. The van der Waals surface area contributed by atoms with E-state index in [9.17, 15) is 4.79 Å². The van der Waals surface area contributed by atoms with Gasteiger partial charge in [0.05, 0.1) is 25.0 Å². The SMILES string of the molecule is COc1ccc(Cl)cc1NC(=O)CN(C)[C@H](C)c1ccc(-n2cncn2)cc1. The van der Waals surface area contributed by atoms with E-state index in [4.69, 9.17) is 16.3 Å². The smallest absolute Gasteiger partial charge is 0.238 e. The molecule has 3 aromatic rings. The highest BCUT2D eigenvalue weighted by Crippen LogP contribution is 2.28. The van der Waals surface area contributed by atoms with Crippen molar-refractivity contribution in [3.05, 3.63) is 65.7 Å². The zero-order chi connectivity index (χ0) is 20.1. The third-order valence-electron chi connectivity index (χ3n) is 4.55. The van der Waals surface area contributed by atoms with Gasteiger partial charge in [-0.25, -0.2) is 9.67 Å². The standard InChI is InChI=1S/C20H22ClN5O2/c1-14(15-4-7-17(8-5-15)26-13-22-12-23-26)25(2)11-20(27)24-18-10-16(21)6-9-19(18)28-3/h4-10,12-14H,11H2,1-3H3,(H,24,27)/t14-/m1/s1. The van der Waals surface area contributed by atoms with Crippen molar-refractivity contribution in [2.45, 2.75) is 13.0 Å². The van der Waals surface area contributed by atoms with Gasteiger partial charge in [0.1, 0.15) is 18.4 Å². The van der Waals surface area contributed by atoms with Crippen molar-refractivity contribution in [3.8, 4) is 11.4 Å². The Hall–Kier alpha value is -2.90. The lowest BCUT2D eigenvalue weighted by atomic mass is 10.1. The van der Waals surface area contributed by atoms with Gasteiger partial charge >= 0.3 is 0 Å². The van der Waals surface area contributed by atoms with E-state index in [0.29, 0.717) is 16.5 Å². The molecule has 0 saturated heterocycles. The number of methoxy groups -OCH3 is 1. The summed E-state index contributed by atoms with van der Waals surface area (Å²) < 4.78 is 6.96. The first-order valence-corrected chi connectivity index (χ1v) is 9.14. The molecule has 0 saturated carbocycles. The summed E-state index contributed by atoms with van der Waals surface area (Å²) >= 11 is 6.02. The Bertz CT molecular complexity index is 928. The van der Waals surface area contributed by atoms with E-state index in [2.05, 4.69) is 22.3 Å². The Morgan fingerprint density at radius 3 is 2.68 bits per heavy atom. The van der Waals surface area contributed by atoms with E-state index in [1.54, 1.807) is 36.3 Å². The summed E-state index contributed by atoms with van der Waals surface area (Å²) in [5.41, 5.74) is 2.58. The molecule has 0 fully saturated rings. The molecule has 0 aliphatic carbocycles. The van der Waals surface area contributed by atoms with E-state index < -0.39 is 0 Å². The number of rotatable bonds is 7. The predicted octanol–water partition coefficient (Wildman–Crippen LogP) is 3.56. The van der Waals surface area contributed by atoms with Gasteiger partial charge in [0, 0.05) is 11.1 Å². The number of amides is 1. The van der Waals surface area contributed by atoms with Crippen LogP contribution in [0, 0.1) is 0 Å². The maximum Gasteiger partial charge on any atom is 0.238 e. The molecule has 1 amide bonds. The minimum atomic E-state index is -0.144. The number of anilines is 1. The molecule has 3 rings (SSSR count). The Labute approximate surface area is 168 Å². The van der Waals surface area contributed by atoms with Crippen LogP contribution in [0.2, 0.25) is 5.02 Å². The summed E-state index contributed by atoms with van der Waals surface area (Å²) in [7, 11) is 3.46. The third-order valence-corrected chi connectivity index (χ3v) is 4.78. The van der Waals surface area contributed by atoms with Crippen molar-refractivity contribution in [2.24, 2.45) is 0 Å². The average molecular weight is 400 g/mol. The minimum absolute atomic E-state index is 0.0526. The maximum atomic E-state index is 12.5. The predicted molar refractivity (Wildman–Crippen MR) is 109 cm³/mol. The highest BCUT2D eigenvalue weighted by molar-refractivity contribution is 6.31. The fourth-order valence-corrected chi connectivity index (χ4v) is 3.00. The average Bonchev–Trinajstić information content (AvgIpc) is 3.22. The zero-order valence-corrected chi connectivity index (χ0v) is 16.7. The second-order valence-corrected chi connectivity index (χ2v) is 6.85. The first kappa shape index (κ1) is 19.9. The van der Waals surface area contributed by atoms with Crippen LogP contribution < -0.4 is 10.1 Å². The molecule has 1 heterocycles. The summed E-state index contributed by atoms with van der Waals surface area (Å²) in [5, 5.41) is 7.51. The van der Waals surface area contributed by atoms with Crippen molar-refractivity contribution < 1.29 is 9.53 Å².